The van der Waals surface area contributed by atoms with E-state index < -0.39 is 0 Å². The fourth-order valence-electron chi connectivity index (χ4n) is 2.92. The fraction of sp³-hybridized carbons (Fsp3) is 0.154. The minimum atomic E-state index is 1.01. The molecule has 2 aromatic carbocycles. The van der Waals surface area contributed by atoms with Gasteiger partial charge in [-0.25, -0.2) is 0 Å². The van der Waals surface area contributed by atoms with Gasteiger partial charge in [-0.2, -0.15) is 0 Å². The number of hydrogen-bond donors (Lipinski definition) is 0. The van der Waals surface area contributed by atoms with Gasteiger partial charge in [-0.1, -0.05) is 86.0 Å². The molecule has 0 saturated carbocycles. The molecule has 0 aromatic heterocycles. The maximum absolute atomic E-state index is 4.20. The first-order chi connectivity index (χ1) is 12.5. The summed E-state index contributed by atoms with van der Waals surface area (Å²) in [6, 6.07) is 17.0. The SMILES string of the molecule is C=CC=CC(=C)C(C)=c1ccccc1=C(C)C(C)=Cc1ccccc1C. The van der Waals surface area contributed by atoms with E-state index in [0.29, 0.717) is 0 Å². The zero-order chi connectivity index (χ0) is 19.1. The van der Waals surface area contributed by atoms with Crippen molar-refractivity contribution < 1.29 is 0 Å². The van der Waals surface area contributed by atoms with Gasteiger partial charge < -0.3 is 0 Å². The first kappa shape index (κ1) is 19.5. The van der Waals surface area contributed by atoms with E-state index in [1.54, 1.807) is 6.08 Å². The summed E-state index contributed by atoms with van der Waals surface area (Å²) < 4.78 is 0. The van der Waals surface area contributed by atoms with E-state index in [0.717, 1.165) is 5.57 Å². The predicted octanol–water partition coefficient (Wildman–Crippen LogP) is 5.74. The van der Waals surface area contributed by atoms with Crippen LogP contribution in [0.15, 0.2) is 91.1 Å². The lowest BCUT2D eigenvalue weighted by atomic mass is 9.98. The van der Waals surface area contributed by atoms with E-state index in [4.69, 9.17) is 0 Å². The number of rotatable bonds is 5. The molecule has 0 aliphatic heterocycles. The molecule has 0 spiro atoms. The minimum Gasteiger partial charge on any atom is -0.0991 e. The second-order valence-electron chi connectivity index (χ2n) is 6.60. The molecule has 0 N–H and O–H groups in total. The van der Waals surface area contributed by atoms with Crippen LogP contribution >= 0.6 is 0 Å². The molecule has 0 atom stereocenters. The van der Waals surface area contributed by atoms with Gasteiger partial charge in [-0.05, 0) is 71.6 Å². The molecule has 0 heteroatoms. The molecule has 26 heavy (non-hydrogen) atoms. The van der Waals surface area contributed by atoms with E-state index in [1.807, 2.05) is 12.2 Å². The van der Waals surface area contributed by atoms with Crippen molar-refractivity contribution in [2.24, 2.45) is 0 Å². The third-order valence-corrected chi connectivity index (χ3v) is 4.80. The smallest absolute Gasteiger partial charge is 0.0146 e. The largest absolute Gasteiger partial charge is 0.0991 e. The maximum Gasteiger partial charge on any atom is -0.0146 e. The van der Waals surface area contributed by atoms with E-state index in [9.17, 15) is 0 Å². The van der Waals surface area contributed by atoms with Gasteiger partial charge in [0, 0.05) is 0 Å². The van der Waals surface area contributed by atoms with Crippen molar-refractivity contribution in [3.8, 4) is 0 Å². The van der Waals surface area contributed by atoms with E-state index in [2.05, 4.69) is 95.5 Å². The number of benzene rings is 2. The van der Waals surface area contributed by atoms with Gasteiger partial charge in [0.1, 0.15) is 0 Å². The number of allylic oxidation sites excluding steroid dienone is 5. The van der Waals surface area contributed by atoms with Crippen molar-refractivity contribution >= 4 is 17.2 Å². The van der Waals surface area contributed by atoms with Crippen molar-refractivity contribution in [3.05, 3.63) is 113 Å². The Hall–Kier alpha value is -2.86. The third kappa shape index (κ3) is 4.61. The van der Waals surface area contributed by atoms with E-state index >= 15 is 0 Å². The normalized spacial score (nSPS) is 14.2. The Kier molecular flexibility index (Phi) is 6.74. The Morgan fingerprint density at radius 3 is 2.04 bits per heavy atom. The van der Waals surface area contributed by atoms with E-state index in [-0.39, 0.29) is 0 Å². The summed E-state index contributed by atoms with van der Waals surface area (Å²) in [6.45, 7) is 16.6. The van der Waals surface area contributed by atoms with Gasteiger partial charge in [-0.15, -0.1) is 0 Å². The monoisotopic (exact) mass is 340 g/mol. The molecular weight excluding hydrogens is 312 g/mol. The highest BCUT2D eigenvalue weighted by Crippen LogP contribution is 2.16. The average Bonchev–Trinajstić information content (AvgIpc) is 2.66. The summed E-state index contributed by atoms with van der Waals surface area (Å²) in [5.74, 6) is 0. The molecule has 2 aromatic rings. The van der Waals surface area contributed by atoms with Crippen LogP contribution in [0, 0.1) is 6.92 Å². The second-order valence-corrected chi connectivity index (χ2v) is 6.60. The highest BCUT2D eigenvalue weighted by Gasteiger charge is 2.01. The molecule has 0 saturated heterocycles. The van der Waals surface area contributed by atoms with E-state index in [1.165, 1.54) is 38.3 Å². The fourth-order valence-corrected chi connectivity index (χ4v) is 2.92. The lowest BCUT2D eigenvalue weighted by Crippen LogP contribution is -2.28. The van der Waals surface area contributed by atoms with Gasteiger partial charge in [0.15, 0.2) is 0 Å². The van der Waals surface area contributed by atoms with Crippen LogP contribution in [0.4, 0.5) is 0 Å². The summed E-state index contributed by atoms with van der Waals surface area (Å²) in [5.41, 5.74) is 7.29. The Bertz CT molecular complexity index is 994. The van der Waals surface area contributed by atoms with Crippen LogP contribution < -0.4 is 10.4 Å². The molecular formula is C26H28. The van der Waals surface area contributed by atoms with Crippen LogP contribution in [0.1, 0.15) is 31.9 Å². The molecule has 2 rings (SSSR count). The minimum absolute atomic E-state index is 1.01. The Balaban J connectivity index is 2.68. The maximum atomic E-state index is 4.20. The molecule has 0 amide bonds. The summed E-state index contributed by atoms with van der Waals surface area (Å²) in [6.07, 6.45) is 7.97. The van der Waals surface area contributed by atoms with Crippen LogP contribution in [0.2, 0.25) is 0 Å². The molecule has 0 aliphatic rings. The third-order valence-electron chi connectivity index (χ3n) is 4.80. The molecule has 0 bridgehead atoms. The molecule has 0 heterocycles. The van der Waals surface area contributed by atoms with Gasteiger partial charge in [-0.3, -0.25) is 0 Å². The molecule has 0 radical (unpaired) electrons. The highest BCUT2D eigenvalue weighted by atomic mass is 14.1. The van der Waals surface area contributed by atoms with Crippen molar-refractivity contribution in [1.29, 1.82) is 0 Å². The van der Waals surface area contributed by atoms with Crippen molar-refractivity contribution in [2.75, 3.05) is 0 Å². The van der Waals surface area contributed by atoms with Crippen LogP contribution in [-0.2, 0) is 0 Å². The highest BCUT2D eigenvalue weighted by molar-refractivity contribution is 5.74. The van der Waals surface area contributed by atoms with Crippen molar-refractivity contribution in [1.82, 2.24) is 0 Å². The Morgan fingerprint density at radius 2 is 1.42 bits per heavy atom. The lowest BCUT2D eigenvalue weighted by molar-refractivity contribution is 1.38. The second kappa shape index (κ2) is 9.01. The first-order valence-corrected chi connectivity index (χ1v) is 8.95. The topological polar surface area (TPSA) is 0 Å². The summed E-state index contributed by atoms with van der Waals surface area (Å²) >= 11 is 0. The average molecular weight is 341 g/mol. The standard InChI is InChI=1S/C26H28/c1-7-8-13-19(2)22(5)25-16-11-12-17-26(25)23(6)21(4)18-24-15-10-9-14-20(24)3/h7-18H,1-2H2,3-6H3. The zero-order valence-corrected chi connectivity index (χ0v) is 16.3. The molecule has 0 aliphatic carbocycles. The Labute approximate surface area is 157 Å². The van der Waals surface area contributed by atoms with Crippen molar-refractivity contribution in [3.63, 3.8) is 0 Å². The lowest BCUT2D eigenvalue weighted by Gasteiger charge is -2.07. The zero-order valence-electron chi connectivity index (χ0n) is 16.3. The van der Waals surface area contributed by atoms with Gasteiger partial charge in [0.2, 0.25) is 0 Å². The quantitative estimate of drug-likeness (QED) is 0.609. The first-order valence-electron chi connectivity index (χ1n) is 8.95. The summed E-state index contributed by atoms with van der Waals surface area (Å²) in [5, 5.41) is 2.47. The molecule has 0 unspecified atom stereocenters. The van der Waals surface area contributed by atoms with Gasteiger partial charge in [0.05, 0.1) is 0 Å². The number of hydrogen-bond acceptors (Lipinski definition) is 0. The predicted molar refractivity (Wildman–Crippen MR) is 117 cm³/mol. The van der Waals surface area contributed by atoms with Crippen LogP contribution in [-0.4, -0.2) is 0 Å². The summed E-state index contributed by atoms with van der Waals surface area (Å²) in [7, 11) is 0. The number of aryl methyl sites for hydroxylation is 1. The van der Waals surface area contributed by atoms with Gasteiger partial charge in [0.25, 0.3) is 0 Å². The molecule has 0 nitrogen and oxygen atoms in total. The Morgan fingerprint density at radius 1 is 0.846 bits per heavy atom. The van der Waals surface area contributed by atoms with Crippen LogP contribution in [0.25, 0.3) is 17.2 Å². The van der Waals surface area contributed by atoms with Crippen molar-refractivity contribution in [2.45, 2.75) is 27.7 Å². The van der Waals surface area contributed by atoms with Gasteiger partial charge >= 0.3 is 0 Å². The molecule has 132 valence electrons. The van der Waals surface area contributed by atoms with Crippen LogP contribution in [0.5, 0.6) is 0 Å². The molecule has 0 fully saturated rings. The summed E-state index contributed by atoms with van der Waals surface area (Å²) in [4.78, 5) is 0. The van der Waals surface area contributed by atoms with Crippen LogP contribution in [0.3, 0.4) is 0 Å².